The van der Waals surface area contributed by atoms with Crippen molar-refractivity contribution in [2.45, 2.75) is 0 Å². The van der Waals surface area contributed by atoms with Crippen molar-refractivity contribution in [1.29, 1.82) is 0 Å². The molecule has 0 atom stereocenters. The van der Waals surface area contributed by atoms with Crippen molar-refractivity contribution >= 4 is 29.5 Å². The van der Waals surface area contributed by atoms with Gasteiger partial charge >= 0.3 is 5.97 Å². The fraction of sp³-hybridized carbons (Fsp3) is 0.0769. The van der Waals surface area contributed by atoms with Crippen molar-refractivity contribution in [3.05, 3.63) is 39.8 Å². The lowest BCUT2D eigenvalue weighted by molar-refractivity contribution is 0.0702. The molecule has 19 heavy (non-hydrogen) atoms. The molecular formula is C13H11NO4S. The highest BCUT2D eigenvalue weighted by molar-refractivity contribution is 7.14. The largest absolute Gasteiger partial charge is 0.504 e. The van der Waals surface area contributed by atoms with Gasteiger partial charge in [-0.15, -0.1) is 11.3 Å². The second-order valence-electron chi connectivity index (χ2n) is 3.63. The SMILES string of the molecule is COc1ccc(/C=C\c2ncc(C(=O)O)s2)cc1O. The summed E-state index contributed by atoms with van der Waals surface area (Å²) in [6.45, 7) is 0. The number of aromatic carboxylic acids is 1. The number of phenols is 1. The van der Waals surface area contributed by atoms with Crippen LogP contribution < -0.4 is 4.74 Å². The number of benzene rings is 1. The number of carboxylic acids is 1. The van der Waals surface area contributed by atoms with Crippen LogP contribution in [-0.2, 0) is 0 Å². The van der Waals surface area contributed by atoms with Crippen LogP contribution in [0.4, 0.5) is 0 Å². The summed E-state index contributed by atoms with van der Waals surface area (Å²) >= 11 is 1.09. The van der Waals surface area contributed by atoms with Crippen LogP contribution in [0.15, 0.2) is 24.4 Å². The van der Waals surface area contributed by atoms with E-state index in [-0.39, 0.29) is 10.6 Å². The molecule has 0 saturated carbocycles. The number of hydrogen-bond acceptors (Lipinski definition) is 5. The van der Waals surface area contributed by atoms with E-state index in [0.717, 1.165) is 16.9 Å². The van der Waals surface area contributed by atoms with Gasteiger partial charge in [0.1, 0.15) is 9.88 Å². The fourth-order valence-electron chi connectivity index (χ4n) is 1.44. The summed E-state index contributed by atoms with van der Waals surface area (Å²) in [5.74, 6) is -0.534. The zero-order valence-electron chi connectivity index (χ0n) is 10.0. The Morgan fingerprint density at radius 3 is 2.79 bits per heavy atom. The van der Waals surface area contributed by atoms with Crippen LogP contribution in [0.3, 0.4) is 0 Å². The van der Waals surface area contributed by atoms with Gasteiger partial charge in [0.15, 0.2) is 11.5 Å². The molecule has 0 aliphatic carbocycles. The van der Waals surface area contributed by atoms with Crippen molar-refractivity contribution in [3.63, 3.8) is 0 Å². The first-order valence-electron chi connectivity index (χ1n) is 5.34. The minimum absolute atomic E-state index is 0.0509. The number of carbonyl (C=O) groups is 1. The van der Waals surface area contributed by atoms with Gasteiger partial charge in [0, 0.05) is 0 Å². The van der Waals surface area contributed by atoms with Crippen LogP contribution in [0.5, 0.6) is 11.5 Å². The number of hydrogen-bond donors (Lipinski definition) is 2. The maximum atomic E-state index is 10.7. The normalized spacial score (nSPS) is 10.8. The number of carboxylic acid groups (broad SMARTS) is 1. The van der Waals surface area contributed by atoms with Crippen LogP contribution in [0.2, 0.25) is 0 Å². The van der Waals surface area contributed by atoms with Gasteiger partial charge < -0.3 is 14.9 Å². The molecular weight excluding hydrogens is 266 g/mol. The van der Waals surface area contributed by atoms with E-state index in [0.29, 0.717) is 10.8 Å². The first kappa shape index (κ1) is 13.1. The molecule has 6 heteroatoms. The number of thiazole rings is 1. The van der Waals surface area contributed by atoms with Crippen LogP contribution >= 0.6 is 11.3 Å². The van der Waals surface area contributed by atoms with Gasteiger partial charge in [-0.25, -0.2) is 9.78 Å². The lowest BCUT2D eigenvalue weighted by Crippen LogP contribution is -1.89. The number of phenolic OH excluding ortho intramolecular Hbond substituents is 1. The second kappa shape index (κ2) is 5.53. The molecule has 2 rings (SSSR count). The molecule has 2 N–H and O–H groups in total. The van der Waals surface area contributed by atoms with E-state index in [1.807, 2.05) is 0 Å². The van der Waals surface area contributed by atoms with Crippen molar-refractivity contribution in [2.24, 2.45) is 0 Å². The fourth-order valence-corrected chi connectivity index (χ4v) is 2.10. The van der Waals surface area contributed by atoms with E-state index < -0.39 is 5.97 Å². The summed E-state index contributed by atoms with van der Waals surface area (Å²) in [7, 11) is 1.48. The minimum Gasteiger partial charge on any atom is -0.504 e. The average molecular weight is 277 g/mol. The Kier molecular flexibility index (Phi) is 3.82. The molecule has 0 aliphatic heterocycles. The lowest BCUT2D eigenvalue weighted by Gasteiger charge is -2.02. The van der Waals surface area contributed by atoms with E-state index in [9.17, 15) is 9.90 Å². The van der Waals surface area contributed by atoms with Gasteiger partial charge in [-0.05, 0) is 23.8 Å². The highest BCUT2D eigenvalue weighted by atomic mass is 32.1. The lowest BCUT2D eigenvalue weighted by atomic mass is 10.2. The summed E-state index contributed by atoms with van der Waals surface area (Å²) in [5, 5.41) is 19.0. The van der Waals surface area contributed by atoms with E-state index in [1.165, 1.54) is 13.3 Å². The summed E-state index contributed by atoms with van der Waals surface area (Å²) in [4.78, 5) is 14.9. The third-order valence-corrected chi connectivity index (χ3v) is 3.31. The van der Waals surface area contributed by atoms with E-state index in [1.54, 1.807) is 30.4 Å². The number of ether oxygens (including phenoxy) is 1. The summed E-state index contributed by atoms with van der Waals surface area (Å²) in [6, 6.07) is 4.99. The van der Waals surface area contributed by atoms with Crippen molar-refractivity contribution in [3.8, 4) is 11.5 Å². The monoisotopic (exact) mass is 277 g/mol. The molecule has 0 radical (unpaired) electrons. The maximum absolute atomic E-state index is 10.7. The third-order valence-electron chi connectivity index (χ3n) is 2.36. The van der Waals surface area contributed by atoms with Crippen molar-refractivity contribution in [2.75, 3.05) is 7.11 Å². The summed E-state index contributed by atoms with van der Waals surface area (Å²) in [6.07, 6.45) is 4.75. The van der Waals surface area contributed by atoms with Gasteiger partial charge in [-0.3, -0.25) is 0 Å². The second-order valence-corrected chi connectivity index (χ2v) is 4.69. The van der Waals surface area contributed by atoms with E-state index in [4.69, 9.17) is 9.84 Å². The van der Waals surface area contributed by atoms with E-state index >= 15 is 0 Å². The molecule has 0 aliphatic rings. The van der Waals surface area contributed by atoms with Crippen molar-refractivity contribution in [1.82, 2.24) is 4.98 Å². The number of rotatable bonds is 4. The van der Waals surface area contributed by atoms with Crippen LogP contribution in [-0.4, -0.2) is 28.3 Å². The Labute approximate surface area is 113 Å². The Bertz CT molecular complexity index is 633. The summed E-state index contributed by atoms with van der Waals surface area (Å²) < 4.78 is 4.94. The number of aromatic hydroxyl groups is 1. The smallest absolute Gasteiger partial charge is 0.347 e. The minimum atomic E-state index is -0.987. The predicted molar refractivity (Wildman–Crippen MR) is 72.7 cm³/mol. The van der Waals surface area contributed by atoms with Crippen molar-refractivity contribution < 1.29 is 19.7 Å². The van der Waals surface area contributed by atoms with Crippen LogP contribution in [0.25, 0.3) is 12.2 Å². The number of aromatic nitrogens is 1. The molecule has 0 unspecified atom stereocenters. The zero-order valence-corrected chi connectivity index (χ0v) is 10.8. The molecule has 2 aromatic rings. The molecule has 0 saturated heterocycles. The third kappa shape index (κ3) is 3.11. The van der Waals surface area contributed by atoms with Gasteiger partial charge in [0.2, 0.25) is 0 Å². The Morgan fingerprint density at radius 1 is 1.42 bits per heavy atom. The van der Waals surface area contributed by atoms with E-state index in [2.05, 4.69) is 4.98 Å². The van der Waals surface area contributed by atoms with Crippen LogP contribution in [0.1, 0.15) is 20.2 Å². The number of methoxy groups -OCH3 is 1. The molecule has 98 valence electrons. The highest BCUT2D eigenvalue weighted by Crippen LogP contribution is 2.27. The van der Waals surface area contributed by atoms with Gasteiger partial charge in [-0.2, -0.15) is 0 Å². The summed E-state index contributed by atoms with van der Waals surface area (Å²) in [5.41, 5.74) is 0.769. The molecule has 1 heterocycles. The molecule has 0 amide bonds. The first-order valence-corrected chi connectivity index (χ1v) is 6.16. The molecule has 5 nitrogen and oxygen atoms in total. The van der Waals surface area contributed by atoms with Gasteiger partial charge in [0.25, 0.3) is 0 Å². The molecule has 1 aromatic carbocycles. The molecule has 1 aromatic heterocycles. The topological polar surface area (TPSA) is 79.7 Å². The molecule has 0 bridgehead atoms. The Hall–Kier alpha value is -2.34. The highest BCUT2D eigenvalue weighted by Gasteiger charge is 2.06. The maximum Gasteiger partial charge on any atom is 0.347 e. The predicted octanol–water partition coefficient (Wildman–Crippen LogP) is 2.73. The average Bonchev–Trinajstić information content (AvgIpc) is 2.85. The molecule has 0 spiro atoms. The zero-order chi connectivity index (χ0) is 13.8. The Balaban J connectivity index is 2.17. The number of nitrogens with zero attached hydrogens (tertiary/aromatic N) is 1. The van der Waals surface area contributed by atoms with Gasteiger partial charge in [0.05, 0.1) is 13.3 Å². The standard InChI is InChI=1S/C13H11NO4S/c1-18-10-4-2-8(6-9(10)15)3-5-12-14-7-11(19-12)13(16)17/h2-7,15H,1H3,(H,16,17)/b5-3-. The van der Waals surface area contributed by atoms with Gasteiger partial charge in [-0.1, -0.05) is 12.1 Å². The first-order chi connectivity index (χ1) is 9.10. The van der Waals surface area contributed by atoms with Crippen LogP contribution in [0, 0.1) is 0 Å². The quantitative estimate of drug-likeness (QED) is 0.898. The molecule has 0 fully saturated rings. The Morgan fingerprint density at radius 2 is 2.21 bits per heavy atom.